The summed E-state index contributed by atoms with van der Waals surface area (Å²) in [4.78, 5) is 22.2. The minimum absolute atomic E-state index is 0.0921. The zero-order chi connectivity index (χ0) is 24.0. The quantitative estimate of drug-likeness (QED) is 0.390. The summed E-state index contributed by atoms with van der Waals surface area (Å²) in [5.41, 5.74) is 1.52. The third kappa shape index (κ3) is 5.55. The van der Waals surface area contributed by atoms with Crippen LogP contribution >= 0.6 is 11.3 Å². The molecule has 8 heteroatoms. The van der Waals surface area contributed by atoms with E-state index < -0.39 is 0 Å². The van der Waals surface area contributed by atoms with Crippen LogP contribution in [0, 0.1) is 0 Å². The molecule has 0 saturated carbocycles. The number of rotatable bonds is 8. The SMILES string of the molecule is COc1cccc2sc(N3CCN(CCNC(=O)c4cccc(Oc5ccccc5)c4)CC3)nc12. The van der Waals surface area contributed by atoms with Crippen molar-refractivity contribution in [3.8, 4) is 17.2 Å². The predicted molar refractivity (Wildman–Crippen MR) is 140 cm³/mol. The molecule has 0 unspecified atom stereocenters. The number of ether oxygens (including phenoxy) is 2. The van der Waals surface area contributed by atoms with Crippen molar-refractivity contribution in [1.29, 1.82) is 0 Å². The van der Waals surface area contributed by atoms with Gasteiger partial charge >= 0.3 is 0 Å². The highest BCUT2D eigenvalue weighted by atomic mass is 32.1. The van der Waals surface area contributed by atoms with E-state index in [0.29, 0.717) is 17.9 Å². The summed E-state index contributed by atoms with van der Waals surface area (Å²) >= 11 is 1.70. The number of amides is 1. The van der Waals surface area contributed by atoms with Gasteiger partial charge < -0.3 is 19.7 Å². The van der Waals surface area contributed by atoms with Crippen LogP contribution in [0.1, 0.15) is 10.4 Å². The van der Waals surface area contributed by atoms with Gasteiger partial charge in [0.05, 0.1) is 11.8 Å². The fourth-order valence-electron chi connectivity index (χ4n) is 4.13. The number of carbonyl (C=O) groups is 1. The highest BCUT2D eigenvalue weighted by Gasteiger charge is 2.20. The maximum absolute atomic E-state index is 12.7. The van der Waals surface area contributed by atoms with Crippen molar-refractivity contribution in [3.05, 3.63) is 78.4 Å². The maximum atomic E-state index is 12.7. The van der Waals surface area contributed by atoms with Crippen LogP contribution in [0.4, 0.5) is 5.13 Å². The van der Waals surface area contributed by atoms with Crippen LogP contribution < -0.4 is 19.7 Å². The number of benzene rings is 3. The van der Waals surface area contributed by atoms with E-state index in [-0.39, 0.29) is 5.91 Å². The van der Waals surface area contributed by atoms with E-state index in [0.717, 1.165) is 59.6 Å². The summed E-state index contributed by atoms with van der Waals surface area (Å²) in [6, 6.07) is 22.9. The van der Waals surface area contributed by atoms with Crippen LogP contribution in [0.5, 0.6) is 17.2 Å². The smallest absolute Gasteiger partial charge is 0.251 e. The molecule has 2 heterocycles. The first kappa shape index (κ1) is 23.1. The average molecular weight is 489 g/mol. The van der Waals surface area contributed by atoms with Gasteiger partial charge in [0, 0.05) is 44.8 Å². The Morgan fingerprint density at radius 2 is 1.74 bits per heavy atom. The molecule has 1 N–H and O–H groups in total. The van der Waals surface area contributed by atoms with Gasteiger partial charge in [-0.2, -0.15) is 0 Å². The number of piperazine rings is 1. The van der Waals surface area contributed by atoms with Gasteiger partial charge in [0.1, 0.15) is 22.8 Å². The second kappa shape index (κ2) is 10.8. The van der Waals surface area contributed by atoms with Crippen molar-refractivity contribution in [1.82, 2.24) is 15.2 Å². The minimum Gasteiger partial charge on any atom is -0.494 e. The van der Waals surface area contributed by atoms with E-state index >= 15 is 0 Å². The number of para-hydroxylation sites is 2. The first-order chi connectivity index (χ1) is 17.2. The van der Waals surface area contributed by atoms with Gasteiger partial charge in [0.2, 0.25) is 0 Å². The Kier molecular flexibility index (Phi) is 7.11. The normalized spacial score (nSPS) is 14.1. The molecule has 5 rings (SSSR count). The molecule has 1 saturated heterocycles. The number of anilines is 1. The van der Waals surface area contributed by atoms with Crippen LogP contribution in [0.2, 0.25) is 0 Å². The minimum atomic E-state index is -0.0921. The van der Waals surface area contributed by atoms with Crippen molar-refractivity contribution < 1.29 is 14.3 Å². The number of fused-ring (bicyclic) bond motifs is 1. The maximum Gasteiger partial charge on any atom is 0.251 e. The third-order valence-corrected chi connectivity index (χ3v) is 7.10. The summed E-state index contributed by atoms with van der Waals surface area (Å²) in [7, 11) is 1.68. The molecule has 35 heavy (non-hydrogen) atoms. The fraction of sp³-hybridized carbons (Fsp3) is 0.259. The molecular weight excluding hydrogens is 460 g/mol. The average Bonchev–Trinajstić information content (AvgIpc) is 3.34. The summed E-state index contributed by atoms with van der Waals surface area (Å²) in [6.07, 6.45) is 0. The lowest BCUT2D eigenvalue weighted by Crippen LogP contribution is -2.48. The number of hydrogen-bond donors (Lipinski definition) is 1. The van der Waals surface area contributed by atoms with E-state index in [1.54, 1.807) is 30.6 Å². The molecule has 0 aliphatic carbocycles. The van der Waals surface area contributed by atoms with Gasteiger partial charge in [-0.05, 0) is 42.5 Å². The first-order valence-corrected chi connectivity index (χ1v) is 12.5. The van der Waals surface area contributed by atoms with Crippen molar-refractivity contribution in [2.45, 2.75) is 0 Å². The molecule has 7 nitrogen and oxygen atoms in total. The van der Waals surface area contributed by atoms with Crippen LogP contribution in [-0.2, 0) is 0 Å². The largest absolute Gasteiger partial charge is 0.494 e. The molecule has 3 aromatic carbocycles. The van der Waals surface area contributed by atoms with Crippen molar-refractivity contribution >= 4 is 32.6 Å². The van der Waals surface area contributed by atoms with Gasteiger partial charge in [-0.1, -0.05) is 41.7 Å². The van der Waals surface area contributed by atoms with Crippen molar-refractivity contribution in [2.24, 2.45) is 0 Å². The molecular formula is C27H28N4O3S. The zero-order valence-corrected chi connectivity index (χ0v) is 20.5. The molecule has 1 amide bonds. The third-order valence-electron chi connectivity index (χ3n) is 6.02. The molecule has 180 valence electrons. The van der Waals surface area contributed by atoms with Gasteiger partial charge in [0.15, 0.2) is 5.13 Å². The van der Waals surface area contributed by atoms with Crippen LogP contribution in [0.3, 0.4) is 0 Å². The fourth-order valence-corrected chi connectivity index (χ4v) is 5.16. The molecule has 1 aliphatic rings. The van der Waals surface area contributed by atoms with Crippen molar-refractivity contribution in [2.75, 3.05) is 51.3 Å². The van der Waals surface area contributed by atoms with E-state index in [4.69, 9.17) is 14.5 Å². The molecule has 0 radical (unpaired) electrons. The summed E-state index contributed by atoms with van der Waals surface area (Å²) in [5, 5.41) is 4.07. The number of methoxy groups -OCH3 is 1. The van der Waals surface area contributed by atoms with E-state index in [1.807, 2.05) is 54.6 Å². The van der Waals surface area contributed by atoms with Crippen LogP contribution in [-0.4, -0.2) is 62.2 Å². The number of thiazole rings is 1. The Hall–Kier alpha value is -3.62. The second-order valence-corrected chi connectivity index (χ2v) is 9.34. The molecule has 1 fully saturated rings. The monoisotopic (exact) mass is 488 g/mol. The standard InChI is InChI=1S/C27H28N4O3S/c1-33-23-11-6-12-24-25(23)29-27(35-24)31-17-15-30(16-18-31)14-13-28-26(32)20-7-5-10-22(19-20)34-21-8-3-2-4-9-21/h2-12,19H,13-18H2,1H3,(H,28,32). The number of nitrogens with one attached hydrogen (secondary N) is 1. The van der Waals surface area contributed by atoms with Gasteiger partial charge in [0.25, 0.3) is 5.91 Å². The van der Waals surface area contributed by atoms with Crippen LogP contribution in [0.15, 0.2) is 72.8 Å². The number of nitrogens with zero attached hydrogens (tertiary/aromatic N) is 3. The summed E-state index contributed by atoms with van der Waals surface area (Å²) in [5.74, 6) is 2.11. The van der Waals surface area contributed by atoms with Crippen molar-refractivity contribution in [3.63, 3.8) is 0 Å². The lowest BCUT2D eigenvalue weighted by molar-refractivity contribution is 0.0947. The summed E-state index contributed by atoms with van der Waals surface area (Å²) in [6.45, 7) is 5.10. The second-order valence-electron chi connectivity index (χ2n) is 8.33. The lowest BCUT2D eigenvalue weighted by atomic mass is 10.2. The Labute approximate surface area is 208 Å². The molecule has 0 atom stereocenters. The summed E-state index contributed by atoms with van der Waals surface area (Å²) < 4.78 is 12.4. The Balaban J connectivity index is 1.09. The molecule has 0 spiro atoms. The van der Waals surface area contributed by atoms with E-state index in [2.05, 4.69) is 21.2 Å². The number of aromatic nitrogens is 1. The number of carbonyl (C=O) groups excluding carboxylic acids is 1. The zero-order valence-electron chi connectivity index (χ0n) is 19.6. The molecule has 1 aliphatic heterocycles. The van der Waals surface area contributed by atoms with Gasteiger partial charge in [-0.25, -0.2) is 4.98 Å². The van der Waals surface area contributed by atoms with Crippen LogP contribution in [0.25, 0.3) is 10.2 Å². The van der Waals surface area contributed by atoms with E-state index in [9.17, 15) is 4.79 Å². The molecule has 1 aromatic heterocycles. The Bertz CT molecular complexity index is 1290. The predicted octanol–water partition coefficient (Wildman–Crippen LogP) is 4.65. The molecule has 4 aromatic rings. The molecule has 0 bridgehead atoms. The Morgan fingerprint density at radius 3 is 2.54 bits per heavy atom. The Morgan fingerprint density at radius 1 is 0.971 bits per heavy atom. The topological polar surface area (TPSA) is 66.9 Å². The van der Waals surface area contributed by atoms with E-state index in [1.165, 1.54) is 0 Å². The van der Waals surface area contributed by atoms with Gasteiger partial charge in [-0.15, -0.1) is 0 Å². The highest BCUT2D eigenvalue weighted by Crippen LogP contribution is 2.34. The first-order valence-electron chi connectivity index (χ1n) is 11.7. The lowest BCUT2D eigenvalue weighted by Gasteiger charge is -2.34. The number of hydrogen-bond acceptors (Lipinski definition) is 7. The highest BCUT2D eigenvalue weighted by molar-refractivity contribution is 7.22. The van der Waals surface area contributed by atoms with Gasteiger partial charge in [-0.3, -0.25) is 9.69 Å².